The molecule has 5 atom stereocenters. The summed E-state index contributed by atoms with van der Waals surface area (Å²) in [5.41, 5.74) is 0. The number of rotatable bonds is 11. The van der Waals surface area contributed by atoms with Gasteiger partial charge in [0.05, 0.1) is 12.2 Å². The van der Waals surface area contributed by atoms with Gasteiger partial charge in [-0.1, -0.05) is 35.9 Å². The number of carboxylic acids is 1. The maximum atomic E-state index is 10.5. The van der Waals surface area contributed by atoms with Gasteiger partial charge >= 0.3 is 5.97 Å². The fraction of sp³-hybridized carbons (Fsp3) is 0.500. The Labute approximate surface area is 176 Å². The van der Waals surface area contributed by atoms with Gasteiger partial charge in [-0.25, -0.2) is 0 Å². The number of halogens is 1. The Morgan fingerprint density at radius 2 is 1.93 bits per heavy atom. The molecule has 160 valence electrons. The first-order valence-electron chi connectivity index (χ1n) is 9.84. The summed E-state index contributed by atoms with van der Waals surface area (Å²) in [5, 5.41) is 39.9. The van der Waals surface area contributed by atoms with Gasteiger partial charge in [0, 0.05) is 23.8 Å². The smallest absolute Gasteiger partial charge is 0.303 e. The summed E-state index contributed by atoms with van der Waals surface area (Å²) >= 11 is 5.82. The number of allylic oxidation sites excluding steroid dienone is 2. The van der Waals surface area contributed by atoms with Crippen molar-refractivity contribution in [3.63, 3.8) is 0 Å². The van der Waals surface area contributed by atoms with Crippen LogP contribution in [0.25, 0.3) is 0 Å². The Hall–Kier alpha value is -1.86. The number of hydrogen-bond donors (Lipinski definition) is 4. The molecule has 2 rings (SSSR count). The van der Waals surface area contributed by atoms with E-state index in [0.29, 0.717) is 36.5 Å². The van der Waals surface area contributed by atoms with Crippen molar-refractivity contribution in [3.8, 4) is 5.75 Å². The lowest BCUT2D eigenvalue weighted by molar-refractivity contribution is -0.137. The summed E-state index contributed by atoms with van der Waals surface area (Å²) in [6.45, 7) is 0.0671. The maximum Gasteiger partial charge on any atom is 0.303 e. The lowest BCUT2D eigenvalue weighted by Gasteiger charge is -2.19. The van der Waals surface area contributed by atoms with E-state index in [0.717, 1.165) is 0 Å². The van der Waals surface area contributed by atoms with Gasteiger partial charge in [0.2, 0.25) is 0 Å². The SMILES string of the molecule is O=C(O)CCC/C=C\CC1C(O)CC(O)[C@@H]1/C=C/[C@@H](O)COc1ccc(Cl)cc1. The average molecular weight is 425 g/mol. The molecule has 1 aromatic rings. The highest BCUT2D eigenvalue weighted by molar-refractivity contribution is 6.30. The summed E-state index contributed by atoms with van der Waals surface area (Å²) in [6, 6.07) is 6.84. The molecular weight excluding hydrogens is 396 g/mol. The molecule has 4 N–H and O–H groups in total. The van der Waals surface area contributed by atoms with Crippen molar-refractivity contribution in [2.24, 2.45) is 11.8 Å². The van der Waals surface area contributed by atoms with Crippen molar-refractivity contribution in [2.45, 2.75) is 50.4 Å². The summed E-state index contributed by atoms with van der Waals surface area (Å²) in [4.78, 5) is 10.5. The first kappa shape index (κ1) is 23.4. The van der Waals surface area contributed by atoms with Crippen LogP contribution < -0.4 is 4.74 Å². The van der Waals surface area contributed by atoms with Crippen molar-refractivity contribution in [2.75, 3.05) is 6.61 Å². The van der Waals surface area contributed by atoms with Crippen LogP contribution in [0, 0.1) is 11.8 Å². The molecule has 1 saturated carbocycles. The molecule has 3 unspecified atom stereocenters. The number of unbranched alkanes of at least 4 members (excludes halogenated alkanes) is 1. The summed E-state index contributed by atoms with van der Waals surface area (Å²) in [5.74, 6) is -0.624. The molecule has 0 spiro atoms. The van der Waals surface area contributed by atoms with E-state index in [2.05, 4.69) is 0 Å². The molecular formula is C22H29ClO6. The van der Waals surface area contributed by atoms with E-state index in [-0.39, 0.29) is 24.9 Å². The summed E-state index contributed by atoms with van der Waals surface area (Å²) in [7, 11) is 0. The van der Waals surface area contributed by atoms with Crippen molar-refractivity contribution in [3.05, 3.63) is 53.6 Å². The lowest BCUT2D eigenvalue weighted by Crippen LogP contribution is -2.21. The zero-order valence-electron chi connectivity index (χ0n) is 16.2. The summed E-state index contributed by atoms with van der Waals surface area (Å²) < 4.78 is 5.51. The number of carboxylic acid groups (broad SMARTS) is 1. The molecule has 0 bridgehead atoms. The highest BCUT2D eigenvalue weighted by Crippen LogP contribution is 2.36. The van der Waals surface area contributed by atoms with Crippen LogP contribution in [-0.2, 0) is 4.79 Å². The second kappa shape index (κ2) is 12.0. The zero-order valence-corrected chi connectivity index (χ0v) is 17.0. The normalized spacial score (nSPS) is 25.7. The Balaban J connectivity index is 1.82. The molecule has 7 heteroatoms. The predicted molar refractivity (Wildman–Crippen MR) is 111 cm³/mol. The van der Waals surface area contributed by atoms with Gasteiger partial charge in [0.1, 0.15) is 18.5 Å². The number of aliphatic carboxylic acids is 1. The minimum atomic E-state index is -0.845. The van der Waals surface area contributed by atoms with Crippen molar-refractivity contribution in [1.82, 2.24) is 0 Å². The van der Waals surface area contributed by atoms with E-state index in [1.165, 1.54) is 0 Å². The first-order valence-corrected chi connectivity index (χ1v) is 10.2. The van der Waals surface area contributed by atoms with Crippen molar-refractivity contribution < 1.29 is 30.0 Å². The topological polar surface area (TPSA) is 107 Å². The van der Waals surface area contributed by atoms with Gasteiger partial charge in [0.25, 0.3) is 0 Å². The standard InChI is InChI=1S/C22H29ClO6/c23-15-7-10-17(11-8-15)29-14-16(24)9-12-19-18(20(25)13-21(19)26)5-3-1-2-4-6-22(27)28/h1,3,7-12,16,18-21,24-26H,2,4-6,13-14H2,(H,27,28)/b3-1-,12-9+/t16-,18?,19-,20?,21?/m1/s1. The molecule has 0 heterocycles. The number of hydrogen-bond acceptors (Lipinski definition) is 5. The van der Waals surface area contributed by atoms with E-state index >= 15 is 0 Å². The van der Waals surface area contributed by atoms with E-state index in [4.69, 9.17) is 21.4 Å². The zero-order chi connectivity index (χ0) is 21.2. The van der Waals surface area contributed by atoms with E-state index in [1.807, 2.05) is 12.2 Å². The molecule has 1 aliphatic rings. The highest BCUT2D eigenvalue weighted by Gasteiger charge is 2.39. The molecule has 1 aliphatic carbocycles. The highest BCUT2D eigenvalue weighted by atomic mass is 35.5. The average Bonchev–Trinajstić information content (AvgIpc) is 2.94. The molecule has 29 heavy (non-hydrogen) atoms. The molecule has 1 aromatic carbocycles. The van der Waals surface area contributed by atoms with Crippen LogP contribution in [-0.4, -0.2) is 51.3 Å². The minimum absolute atomic E-state index is 0.0671. The third-order valence-electron chi connectivity index (χ3n) is 5.04. The fourth-order valence-corrected chi connectivity index (χ4v) is 3.60. The Bertz CT molecular complexity index is 687. The number of ether oxygens (including phenoxy) is 1. The van der Waals surface area contributed by atoms with E-state index in [9.17, 15) is 20.1 Å². The quantitative estimate of drug-likeness (QED) is 0.321. The van der Waals surface area contributed by atoms with Crippen LogP contribution in [0.15, 0.2) is 48.6 Å². The maximum absolute atomic E-state index is 10.5. The molecule has 0 aromatic heterocycles. The van der Waals surface area contributed by atoms with Crippen LogP contribution in [0.4, 0.5) is 0 Å². The van der Waals surface area contributed by atoms with Gasteiger partial charge in [-0.2, -0.15) is 0 Å². The molecule has 6 nitrogen and oxygen atoms in total. The minimum Gasteiger partial charge on any atom is -0.491 e. The summed E-state index contributed by atoms with van der Waals surface area (Å²) in [6.07, 6.45) is 7.29. The molecule has 0 amide bonds. The molecule has 0 saturated heterocycles. The van der Waals surface area contributed by atoms with Crippen molar-refractivity contribution in [1.29, 1.82) is 0 Å². The number of carbonyl (C=O) groups is 1. The predicted octanol–water partition coefficient (Wildman–Crippen LogP) is 3.20. The van der Waals surface area contributed by atoms with E-state index in [1.54, 1.807) is 36.4 Å². The van der Waals surface area contributed by atoms with Gasteiger partial charge < -0.3 is 25.2 Å². The number of aliphatic hydroxyl groups excluding tert-OH is 3. The van der Waals surface area contributed by atoms with Crippen LogP contribution in [0.1, 0.15) is 32.1 Å². The van der Waals surface area contributed by atoms with Crippen LogP contribution in [0.2, 0.25) is 5.02 Å². The van der Waals surface area contributed by atoms with Gasteiger partial charge in [-0.3, -0.25) is 4.79 Å². The lowest BCUT2D eigenvalue weighted by atomic mass is 9.89. The third kappa shape index (κ3) is 8.19. The van der Waals surface area contributed by atoms with Crippen LogP contribution in [0.5, 0.6) is 5.75 Å². The second-order valence-corrected chi connectivity index (χ2v) is 7.76. The molecule has 0 aliphatic heterocycles. The van der Waals surface area contributed by atoms with Gasteiger partial charge in [-0.15, -0.1) is 0 Å². The van der Waals surface area contributed by atoms with E-state index < -0.39 is 24.3 Å². The second-order valence-electron chi connectivity index (χ2n) is 7.32. The largest absolute Gasteiger partial charge is 0.491 e. The fourth-order valence-electron chi connectivity index (χ4n) is 3.47. The Morgan fingerprint density at radius 1 is 1.21 bits per heavy atom. The molecule has 1 fully saturated rings. The monoisotopic (exact) mass is 424 g/mol. The van der Waals surface area contributed by atoms with Gasteiger partial charge in [-0.05, 0) is 49.4 Å². The molecule has 0 radical (unpaired) electrons. The number of aliphatic hydroxyl groups is 3. The van der Waals surface area contributed by atoms with Gasteiger partial charge in [0.15, 0.2) is 0 Å². The third-order valence-corrected chi connectivity index (χ3v) is 5.29. The first-order chi connectivity index (χ1) is 13.9. The number of benzene rings is 1. The van der Waals surface area contributed by atoms with Crippen LogP contribution in [0.3, 0.4) is 0 Å². The Kier molecular flexibility index (Phi) is 9.67. The van der Waals surface area contributed by atoms with Crippen molar-refractivity contribution >= 4 is 17.6 Å². The Morgan fingerprint density at radius 3 is 2.62 bits per heavy atom. The van der Waals surface area contributed by atoms with Crippen LogP contribution >= 0.6 is 11.6 Å².